The van der Waals surface area contributed by atoms with Crippen LogP contribution in [-0.4, -0.2) is 9.13 Å². The fourth-order valence-corrected chi connectivity index (χ4v) is 9.27. The number of aryl methyl sites for hydroxylation is 2. The topological polar surface area (TPSA) is 33.6 Å². The highest BCUT2D eigenvalue weighted by molar-refractivity contribution is 5.89. The van der Waals surface area contributed by atoms with E-state index in [9.17, 15) is 5.26 Å². The SMILES string of the molecule is N#CC=C(c1ccc(-c2ccc(-n3c4c(c5ccccc53)CCCC4)cc2)cc1)c1ccc(-c2ccc(-n3c4c(c5ccccc53)CCCC4)cc2)cc1. The van der Waals surface area contributed by atoms with Gasteiger partial charge in [-0.25, -0.2) is 0 Å². The number of hydrogen-bond donors (Lipinski definition) is 0. The van der Waals surface area contributed by atoms with Gasteiger partial charge in [0.15, 0.2) is 0 Å². The first kappa shape index (κ1) is 32.3. The van der Waals surface area contributed by atoms with Crippen LogP contribution in [0, 0.1) is 11.3 Å². The second-order valence-corrected chi connectivity index (χ2v) is 14.9. The lowest BCUT2D eigenvalue weighted by molar-refractivity contribution is 0.667. The van der Waals surface area contributed by atoms with Crippen molar-refractivity contribution in [3.8, 4) is 39.7 Å². The zero-order valence-corrected chi connectivity index (χ0v) is 30.4. The zero-order valence-electron chi connectivity index (χ0n) is 30.4. The minimum atomic E-state index is 0.926. The lowest BCUT2D eigenvalue weighted by Gasteiger charge is -2.16. The van der Waals surface area contributed by atoms with Crippen LogP contribution in [0.3, 0.4) is 0 Å². The normalized spacial score (nSPS) is 13.7. The van der Waals surface area contributed by atoms with Gasteiger partial charge in [-0.15, -0.1) is 0 Å². The molecule has 2 aliphatic rings. The maximum atomic E-state index is 9.78. The van der Waals surface area contributed by atoms with Crippen molar-refractivity contribution in [1.29, 1.82) is 5.26 Å². The van der Waals surface area contributed by atoms with Gasteiger partial charge in [-0.3, -0.25) is 0 Å². The molecule has 0 amide bonds. The van der Waals surface area contributed by atoms with Crippen LogP contribution >= 0.6 is 0 Å². The van der Waals surface area contributed by atoms with Gasteiger partial charge in [0.25, 0.3) is 0 Å². The van der Waals surface area contributed by atoms with E-state index in [1.165, 1.54) is 105 Å². The van der Waals surface area contributed by atoms with Crippen molar-refractivity contribution in [1.82, 2.24) is 9.13 Å². The van der Waals surface area contributed by atoms with E-state index < -0.39 is 0 Å². The molecule has 0 atom stereocenters. The minimum absolute atomic E-state index is 0.926. The summed E-state index contributed by atoms with van der Waals surface area (Å²) >= 11 is 0. The van der Waals surface area contributed by atoms with Crippen LogP contribution in [0.4, 0.5) is 0 Å². The summed E-state index contributed by atoms with van der Waals surface area (Å²) < 4.78 is 4.96. The lowest BCUT2D eigenvalue weighted by atomic mass is 9.94. The molecule has 0 spiro atoms. The molecule has 0 bridgehead atoms. The Hall–Kier alpha value is -6.37. The molecule has 2 aromatic heterocycles. The number of allylic oxidation sites excluding steroid dienone is 1. The van der Waals surface area contributed by atoms with Crippen molar-refractivity contribution >= 4 is 27.4 Å². The van der Waals surface area contributed by atoms with Crippen LogP contribution in [-0.2, 0) is 25.7 Å². The molecule has 0 saturated heterocycles. The van der Waals surface area contributed by atoms with Crippen molar-refractivity contribution in [3.05, 3.63) is 185 Å². The number of rotatable bonds is 6. The van der Waals surface area contributed by atoms with Crippen LogP contribution in [0.1, 0.15) is 59.3 Å². The highest BCUT2D eigenvalue weighted by Gasteiger charge is 2.22. The summed E-state index contributed by atoms with van der Waals surface area (Å²) in [6, 6.07) is 55.2. The van der Waals surface area contributed by atoms with Gasteiger partial charge in [0, 0.05) is 39.6 Å². The summed E-state index contributed by atoms with van der Waals surface area (Å²) in [6.45, 7) is 0. The Balaban J connectivity index is 0.888. The molecular formula is C51H41N3. The molecule has 0 unspecified atom stereocenters. The van der Waals surface area contributed by atoms with Gasteiger partial charge in [0.2, 0.25) is 0 Å². The maximum absolute atomic E-state index is 9.78. The van der Waals surface area contributed by atoms with Gasteiger partial charge in [-0.1, -0.05) is 109 Å². The zero-order chi connectivity index (χ0) is 36.0. The Morgan fingerprint density at radius 2 is 0.815 bits per heavy atom. The maximum Gasteiger partial charge on any atom is 0.0918 e. The first-order valence-electron chi connectivity index (χ1n) is 19.5. The van der Waals surface area contributed by atoms with E-state index in [0.29, 0.717) is 0 Å². The van der Waals surface area contributed by atoms with Crippen LogP contribution < -0.4 is 0 Å². The van der Waals surface area contributed by atoms with E-state index in [4.69, 9.17) is 0 Å². The summed E-state index contributed by atoms with van der Waals surface area (Å²) in [7, 11) is 0. The molecule has 10 rings (SSSR count). The number of fused-ring (bicyclic) bond motifs is 6. The summed E-state index contributed by atoms with van der Waals surface area (Å²) in [6.07, 6.45) is 11.3. The molecule has 6 aromatic carbocycles. The van der Waals surface area contributed by atoms with Gasteiger partial charge in [0.1, 0.15) is 0 Å². The summed E-state index contributed by atoms with van der Waals surface area (Å²) in [5.41, 5.74) is 18.7. The van der Waals surface area contributed by atoms with Crippen LogP contribution in [0.25, 0.3) is 61.0 Å². The van der Waals surface area contributed by atoms with Crippen molar-refractivity contribution < 1.29 is 0 Å². The van der Waals surface area contributed by atoms with Gasteiger partial charge in [-0.2, -0.15) is 5.26 Å². The van der Waals surface area contributed by atoms with Crippen LogP contribution in [0.15, 0.2) is 152 Å². The number of hydrogen-bond acceptors (Lipinski definition) is 1. The van der Waals surface area contributed by atoms with E-state index in [-0.39, 0.29) is 0 Å². The van der Waals surface area contributed by atoms with Gasteiger partial charge < -0.3 is 9.13 Å². The first-order valence-corrected chi connectivity index (χ1v) is 19.5. The molecule has 0 N–H and O–H groups in total. The molecule has 54 heavy (non-hydrogen) atoms. The first-order chi connectivity index (χ1) is 26.7. The van der Waals surface area contributed by atoms with E-state index >= 15 is 0 Å². The van der Waals surface area contributed by atoms with E-state index in [0.717, 1.165) is 40.7 Å². The van der Waals surface area contributed by atoms with Crippen molar-refractivity contribution in [2.24, 2.45) is 0 Å². The molecule has 8 aromatic rings. The fraction of sp³-hybridized carbons (Fsp3) is 0.157. The quantitative estimate of drug-likeness (QED) is 0.159. The van der Waals surface area contributed by atoms with Crippen LogP contribution in [0.5, 0.6) is 0 Å². The number of benzene rings is 6. The van der Waals surface area contributed by atoms with Crippen molar-refractivity contribution in [2.45, 2.75) is 51.4 Å². The third-order valence-electron chi connectivity index (χ3n) is 11.9. The second kappa shape index (κ2) is 13.6. The third kappa shape index (κ3) is 5.49. The van der Waals surface area contributed by atoms with Gasteiger partial charge in [-0.05, 0) is 138 Å². The van der Waals surface area contributed by atoms with Gasteiger partial charge in [0.05, 0.1) is 17.1 Å². The lowest BCUT2D eigenvalue weighted by Crippen LogP contribution is -2.06. The average molecular weight is 696 g/mol. The molecule has 0 fully saturated rings. The third-order valence-corrected chi connectivity index (χ3v) is 11.9. The highest BCUT2D eigenvalue weighted by Crippen LogP contribution is 2.37. The Morgan fingerprint density at radius 1 is 0.444 bits per heavy atom. The van der Waals surface area contributed by atoms with E-state index in [2.05, 4.69) is 161 Å². The Morgan fingerprint density at radius 3 is 1.22 bits per heavy atom. The van der Waals surface area contributed by atoms with E-state index in [1.54, 1.807) is 6.08 Å². The monoisotopic (exact) mass is 695 g/mol. The summed E-state index contributed by atoms with van der Waals surface area (Å²) in [4.78, 5) is 0. The number of nitrogens with zero attached hydrogens (tertiary/aromatic N) is 3. The Bertz CT molecular complexity index is 2550. The molecule has 0 aliphatic heterocycles. The van der Waals surface area contributed by atoms with Crippen molar-refractivity contribution in [3.63, 3.8) is 0 Å². The molecule has 3 nitrogen and oxygen atoms in total. The largest absolute Gasteiger partial charge is 0.313 e. The average Bonchev–Trinajstić information content (AvgIpc) is 3.76. The predicted octanol–water partition coefficient (Wildman–Crippen LogP) is 12.6. The fourth-order valence-electron chi connectivity index (χ4n) is 9.27. The van der Waals surface area contributed by atoms with Gasteiger partial charge >= 0.3 is 0 Å². The standard InChI is InChI=1S/C51H41N3/c52-34-33-43(39-21-17-35(18-22-39)37-25-29-41(30-26-37)53-48-13-5-1-9-44(48)45-10-2-6-14-49(45)53)40-23-19-36(20-24-40)38-27-31-42(32-28-38)54-50-15-7-3-11-46(50)47-12-4-8-16-51(47)54/h1,3,5,7,9,11,13,15,17-33H,2,4,6,8,10,12,14,16H2. The number of para-hydroxylation sites is 2. The number of nitriles is 1. The molecular weight excluding hydrogens is 655 g/mol. The molecule has 2 aliphatic carbocycles. The Kier molecular flexibility index (Phi) is 8.11. The predicted molar refractivity (Wildman–Crippen MR) is 223 cm³/mol. The molecule has 0 saturated carbocycles. The number of aromatic nitrogens is 2. The molecule has 0 radical (unpaired) electrons. The van der Waals surface area contributed by atoms with Crippen molar-refractivity contribution in [2.75, 3.05) is 0 Å². The van der Waals surface area contributed by atoms with E-state index in [1.807, 2.05) is 0 Å². The summed E-state index contributed by atoms with van der Waals surface area (Å²) in [5, 5.41) is 12.6. The highest BCUT2D eigenvalue weighted by atomic mass is 15.0. The Labute approximate surface area is 317 Å². The minimum Gasteiger partial charge on any atom is -0.313 e. The molecule has 260 valence electrons. The summed E-state index contributed by atoms with van der Waals surface area (Å²) in [5.74, 6) is 0. The molecule has 2 heterocycles. The molecule has 3 heteroatoms. The van der Waals surface area contributed by atoms with Crippen LogP contribution in [0.2, 0.25) is 0 Å². The second-order valence-electron chi connectivity index (χ2n) is 14.9. The smallest absolute Gasteiger partial charge is 0.0918 e.